The Balaban J connectivity index is 0.000000207. The van der Waals surface area contributed by atoms with E-state index in [4.69, 9.17) is 9.47 Å². The Morgan fingerprint density at radius 2 is 2.00 bits per heavy atom. The molecule has 0 aliphatic carbocycles. The average Bonchev–Trinajstić information content (AvgIpc) is 3.13. The second-order valence-corrected chi connectivity index (χ2v) is 8.71. The van der Waals surface area contributed by atoms with Gasteiger partial charge in [0.2, 0.25) is 0 Å². The molecule has 1 aromatic carbocycles. The normalized spacial score (nSPS) is 13.0. The molecule has 0 aliphatic heterocycles. The Labute approximate surface area is 187 Å². The summed E-state index contributed by atoms with van der Waals surface area (Å²) in [4.78, 5) is 11.4. The molecule has 0 spiro atoms. The Morgan fingerprint density at radius 1 is 1.25 bits per heavy atom. The first kappa shape index (κ1) is 23.2. The number of para-hydroxylation sites is 2. The van der Waals surface area contributed by atoms with E-state index in [1.54, 1.807) is 12.5 Å². The molecule has 0 radical (unpaired) electrons. The number of rotatable bonds is 7. The van der Waals surface area contributed by atoms with Crippen molar-refractivity contribution in [1.82, 2.24) is 15.0 Å². The molecule has 0 saturated carbocycles. The van der Waals surface area contributed by atoms with Crippen LogP contribution in [-0.4, -0.2) is 73.0 Å². The van der Waals surface area contributed by atoms with Crippen molar-refractivity contribution in [2.45, 2.75) is 38.5 Å². The molecule has 3 aromatic rings. The maximum Gasteiger partial charge on any atom is 0.321 e. The molecule has 28 heavy (non-hydrogen) atoms. The van der Waals surface area contributed by atoms with Crippen molar-refractivity contribution in [1.29, 1.82) is 0 Å². The maximum absolute atomic E-state index is 11.0. The van der Waals surface area contributed by atoms with E-state index in [0.29, 0.717) is 24.5 Å². The van der Waals surface area contributed by atoms with Gasteiger partial charge in [-0.3, -0.25) is 4.98 Å². The van der Waals surface area contributed by atoms with E-state index in [1.807, 2.05) is 30.3 Å². The molecular weight excluding hydrogens is 385 g/mol. The number of pyridine rings is 1. The molecule has 1 N–H and O–H groups in total. The summed E-state index contributed by atoms with van der Waals surface area (Å²) >= 11 is -0.0688. The van der Waals surface area contributed by atoms with Crippen LogP contribution in [0.5, 0.6) is 5.75 Å². The summed E-state index contributed by atoms with van der Waals surface area (Å²) in [7, 11) is 0. The van der Waals surface area contributed by atoms with Crippen LogP contribution in [0.2, 0.25) is 0 Å². The van der Waals surface area contributed by atoms with Crippen LogP contribution in [0.1, 0.15) is 25.8 Å². The summed E-state index contributed by atoms with van der Waals surface area (Å²) in [5, 5.41) is 0.538. The quantitative estimate of drug-likeness (QED) is 0.367. The minimum atomic E-state index is -1.03. The molecular formula is C20H26N3NaO3S. The minimum Gasteiger partial charge on any atom is -0.609 e. The van der Waals surface area contributed by atoms with Crippen LogP contribution in [0.25, 0.3) is 11.0 Å². The van der Waals surface area contributed by atoms with Gasteiger partial charge in [-0.25, -0.2) is 0 Å². The van der Waals surface area contributed by atoms with Gasteiger partial charge in [0.1, 0.15) is 6.26 Å². The third-order valence-corrected chi connectivity index (χ3v) is 6.11. The van der Waals surface area contributed by atoms with Gasteiger partial charge in [0.25, 0.3) is 0 Å². The summed E-state index contributed by atoms with van der Waals surface area (Å²) in [5.74, 6) is 0.938. The third-order valence-electron chi connectivity index (χ3n) is 4.36. The predicted molar refractivity (Wildman–Crippen MR) is 114 cm³/mol. The van der Waals surface area contributed by atoms with E-state index in [1.165, 1.54) is 0 Å². The molecule has 0 saturated heterocycles. The Hall–Kier alpha value is -1.09. The molecule has 8 heteroatoms. The van der Waals surface area contributed by atoms with E-state index in [9.17, 15) is 4.55 Å². The van der Waals surface area contributed by atoms with Crippen molar-refractivity contribution in [3.8, 4) is 5.75 Å². The maximum atomic E-state index is 11.0. The van der Waals surface area contributed by atoms with Crippen LogP contribution in [0.4, 0.5) is 0 Å². The first-order chi connectivity index (χ1) is 13.4. The fourth-order valence-electron chi connectivity index (χ4n) is 2.36. The first-order valence-electron chi connectivity index (χ1n) is 9.37. The van der Waals surface area contributed by atoms with Gasteiger partial charge in [0.05, 0.1) is 11.0 Å². The number of fused-ring (bicyclic) bond motifs is 1. The molecule has 2 aromatic heterocycles. The van der Waals surface area contributed by atoms with Crippen LogP contribution in [0.15, 0.2) is 41.7 Å². The number of nitrogens with one attached hydrogen (secondary N) is 1. The van der Waals surface area contributed by atoms with Crippen molar-refractivity contribution in [2.24, 2.45) is 0 Å². The Kier molecular flexibility index (Phi) is 9.77. The summed E-state index contributed by atoms with van der Waals surface area (Å²) in [6.45, 7) is 7.50. The first-order valence-corrected chi connectivity index (χ1v) is 11.9. The second kappa shape index (κ2) is 11.8. The SMILES string of the molecule is CCC(C)OCCOc1ccn[c]([Na])c1C.C[S+]([O-])c1nc2ccccc2[nH]1. The van der Waals surface area contributed by atoms with Gasteiger partial charge in [0, 0.05) is 11.2 Å². The predicted octanol–water partition coefficient (Wildman–Crippen LogP) is 2.68. The fourth-order valence-corrected chi connectivity index (χ4v) is 3.23. The molecule has 6 nitrogen and oxygen atoms in total. The van der Waals surface area contributed by atoms with Crippen molar-refractivity contribution in [2.75, 3.05) is 19.5 Å². The molecule has 0 amide bonds. The third kappa shape index (κ3) is 7.06. The van der Waals surface area contributed by atoms with Crippen LogP contribution in [0.3, 0.4) is 0 Å². The van der Waals surface area contributed by atoms with Gasteiger partial charge >= 0.3 is 121 Å². The summed E-state index contributed by atoms with van der Waals surface area (Å²) in [6.07, 6.45) is 4.77. The number of hydrogen-bond acceptors (Lipinski definition) is 5. The van der Waals surface area contributed by atoms with E-state index in [2.05, 4.69) is 35.7 Å². The van der Waals surface area contributed by atoms with Crippen molar-refractivity contribution in [3.05, 3.63) is 42.1 Å². The van der Waals surface area contributed by atoms with Gasteiger partial charge in [-0.1, -0.05) is 12.1 Å². The van der Waals surface area contributed by atoms with Crippen molar-refractivity contribution < 1.29 is 14.0 Å². The topological polar surface area (TPSA) is 83.1 Å². The molecule has 3 rings (SSSR count). The van der Waals surface area contributed by atoms with Gasteiger partial charge in [0.15, 0.2) is 0 Å². The summed E-state index contributed by atoms with van der Waals surface area (Å²) in [6, 6.07) is 9.55. The molecule has 2 unspecified atom stereocenters. The average molecular weight is 412 g/mol. The number of ether oxygens (including phenoxy) is 2. The standard InChI is InChI=1S/C12H18NO2.C8H8N2OS.Na/c1-4-11(3)14-7-8-15-12-5-6-13-9-10(12)2;1-12(11)8-9-6-4-2-3-5-7(6)10-8;/h5-6,11H,4,7-8H2,1-3H3;2-5H,1H3,(H,9,10);. The molecule has 2 atom stereocenters. The van der Waals surface area contributed by atoms with Crippen molar-refractivity contribution in [3.63, 3.8) is 0 Å². The second-order valence-electron chi connectivity index (χ2n) is 6.47. The molecule has 146 valence electrons. The largest absolute Gasteiger partial charge is 0.609 e. The van der Waals surface area contributed by atoms with Gasteiger partial charge in [-0.2, -0.15) is 4.98 Å². The number of H-pyrrole nitrogens is 1. The van der Waals surface area contributed by atoms with Crippen molar-refractivity contribution >= 4 is 53.1 Å². The van der Waals surface area contributed by atoms with Gasteiger partial charge < -0.3 is 4.55 Å². The number of imidazole rings is 1. The van der Waals surface area contributed by atoms with Crippen LogP contribution in [-0.2, 0) is 15.9 Å². The van der Waals surface area contributed by atoms with Crippen LogP contribution in [0, 0.1) is 6.92 Å². The Bertz CT molecular complexity index is 840. The number of hydrogen-bond donors (Lipinski definition) is 1. The monoisotopic (exact) mass is 411 g/mol. The minimum absolute atomic E-state index is 0.316. The zero-order chi connectivity index (χ0) is 20.5. The smallest absolute Gasteiger partial charge is 0.321 e. The van der Waals surface area contributed by atoms with Crippen LogP contribution >= 0.6 is 0 Å². The Morgan fingerprint density at radius 3 is 2.68 bits per heavy atom. The molecule has 0 aliphatic rings. The molecule has 0 bridgehead atoms. The summed E-state index contributed by atoms with van der Waals surface area (Å²) < 4.78 is 23.4. The van der Waals surface area contributed by atoms with E-state index >= 15 is 0 Å². The number of nitrogens with zero attached hydrogens (tertiary/aromatic N) is 2. The van der Waals surface area contributed by atoms with Crippen LogP contribution < -0.4 is 7.68 Å². The number of aromatic nitrogens is 3. The van der Waals surface area contributed by atoms with E-state index in [-0.39, 0.29) is 0 Å². The number of aromatic amines is 1. The van der Waals surface area contributed by atoms with Gasteiger partial charge in [-0.05, 0) is 12.1 Å². The number of benzene rings is 1. The summed E-state index contributed by atoms with van der Waals surface area (Å²) in [5.41, 5.74) is 2.96. The van der Waals surface area contributed by atoms with Gasteiger partial charge in [-0.15, -0.1) is 0 Å². The molecule has 0 fully saturated rings. The van der Waals surface area contributed by atoms with E-state index in [0.717, 1.165) is 59.6 Å². The zero-order valence-electron chi connectivity index (χ0n) is 17.2. The zero-order valence-corrected chi connectivity index (χ0v) is 20.0. The fraction of sp³-hybridized carbons (Fsp3) is 0.400. The molecule has 2 heterocycles. The van der Waals surface area contributed by atoms with E-state index < -0.39 is 11.2 Å².